The summed E-state index contributed by atoms with van der Waals surface area (Å²) in [6.07, 6.45) is -4.12. The fraction of sp³-hybridized carbons (Fsp3) is 0.182. The van der Waals surface area contributed by atoms with Crippen LogP contribution in [0.4, 0.5) is 18.9 Å². The van der Waals surface area contributed by atoms with Gasteiger partial charge in [-0.2, -0.15) is 0 Å². The molecule has 3 aromatic rings. The largest absolute Gasteiger partial charge is 0.573 e. The van der Waals surface area contributed by atoms with Crippen molar-refractivity contribution < 1.29 is 17.9 Å². The van der Waals surface area contributed by atoms with Crippen molar-refractivity contribution in [3.05, 3.63) is 93.5 Å². The second kappa shape index (κ2) is 7.81. The molecule has 2 nitrogen and oxygen atoms in total. The Kier molecular flexibility index (Phi) is 5.36. The first kappa shape index (κ1) is 19.9. The second-order valence-corrected chi connectivity index (χ2v) is 7.70. The van der Waals surface area contributed by atoms with Gasteiger partial charge in [0.05, 0.1) is 6.04 Å². The number of hydrogen-bond acceptors (Lipinski definition) is 2. The van der Waals surface area contributed by atoms with Crippen LogP contribution in [0.3, 0.4) is 0 Å². The zero-order chi connectivity index (χ0) is 20.6. The van der Waals surface area contributed by atoms with Crippen LogP contribution < -0.4 is 10.1 Å². The van der Waals surface area contributed by atoms with Crippen LogP contribution in [0.15, 0.2) is 66.7 Å². The van der Waals surface area contributed by atoms with Crippen LogP contribution >= 0.6 is 23.2 Å². The summed E-state index contributed by atoms with van der Waals surface area (Å²) in [5, 5.41) is 4.49. The van der Waals surface area contributed by atoms with Gasteiger partial charge in [-0.1, -0.05) is 59.6 Å². The number of alkyl halides is 3. The third kappa shape index (κ3) is 4.46. The van der Waals surface area contributed by atoms with Crippen LogP contribution in [0, 0.1) is 0 Å². The highest BCUT2D eigenvalue weighted by Crippen LogP contribution is 2.46. The number of hydrogen-bond donors (Lipinski definition) is 1. The molecule has 0 saturated carbocycles. The van der Waals surface area contributed by atoms with Crippen LogP contribution in [0.1, 0.15) is 35.1 Å². The van der Waals surface area contributed by atoms with Crippen LogP contribution in [0.5, 0.6) is 5.75 Å². The van der Waals surface area contributed by atoms with Gasteiger partial charge in [-0.15, -0.1) is 13.2 Å². The SMILES string of the molecule is FC(F)(F)Oc1ccc2c(c1)C(c1ccccc1)CC(c1ccc(Cl)cc1Cl)N2. The van der Waals surface area contributed by atoms with E-state index in [1.54, 1.807) is 18.2 Å². The molecule has 1 N–H and O–H groups in total. The van der Waals surface area contributed by atoms with E-state index in [1.807, 2.05) is 36.4 Å². The van der Waals surface area contributed by atoms with E-state index in [0.29, 0.717) is 16.5 Å². The average Bonchev–Trinajstić information content (AvgIpc) is 2.67. The normalized spacial score (nSPS) is 18.7. The highest BCUT2D eigenvalue weighted by atomic mass is 35.5. The first-order valence-corrected chi connectivity index (χ1v) is 9.72. The summed E-state index contributed by atoms with van der Waals surface area (Å²) < 4.78 is 42.2. The van der Waals surface area contributed by atoms with Crippen LogP contribution in [0.25, 0.3) is 0 Å². The molecule has 0 bridgehead atoms. The molecule has 1 aliphatic rings. The molecular formula is C22H16Cl2F3NO. The number of halogens is 5. The molecule has 3 aromatic carbocycles. The van der Waals surface area contributed by atoms with Crippen molar-refractivity contribution in [2.75, 3.05) is 5.32 Å². The summed E-state index contributed by atoms with van der Waals surface area (Å²) in [5.41, 5.74) is 3.39. The van der Waals surface area contributed by atoms with E-state index in [2.05, 4.69) is 10.1 Å². The lowest BCUT2D eigenvalue weighted by Crippen LogP contribution is -2.23. The molecule has 0 aliphatic carbocycles. The maximum absolute atomic E-state index is 12.7. The number of ether oxygens (including phenoxy) is 1. The third-order valence-electron chi connectivity index (χ3n) is 4.97. The van der Waals surface area contributed by atoms with Gasteiger partial charge in [0, 0.05) is 21.7 Å². The van der Waals surface area contributed by atoms with Gasteiger partial charge in [0.1, 0.15) is 5.75 Å². The molecule has 0 fully saturated rings. The third-order valence-corrected chi connectivity index (χ3v) is 5.54. The molecule has 29 heavy (non-hydrogen) atoms. The Balaban J connectivity index is 1.77. The summed E-state index contributed by atoms with van der Waals surface area (Å²) in [6.45, 7) is 0. The second-order valence-electron chi connectivity index (χ2n) is 6.86. The highest BCUT2D eigenvalue weighted by molar-refractivity contribution is 6.35. The van der Waals surface area contributed by atoms with Crippen LogP contribution in [-0.2, 0) is 0 Å². The lowest BCUT2D eigenvalue weighted by molar-refractivity contribution is -0.274. The molecule has 0 saturated heterocycles. The highest BCUT2D eigenvalue weighted by Gasteiger charge is 2.33. The standard InChI is InChI=1S/C22H16Cl2F3NO/c23-14-6-8-16(19(24)10-14)21-12-17(13-4-2-1-3-5-13)18-11-15(29-22(25,26)27)7-9-20(18)28-21/h1-11,17,21,28H,12H2. The van der Waals surface area contributed by atoms with E-state index in [9.17, 15) is 13.2 Å². The van der Waals surface area contributed by atoms with Crippen molar-refractivity contribution in [2.24, 2.45) is 0 Å². The minimum atomic E-state index is -4.74. The molecule has 0 amide bonds. The number of rotatable bonds is 3. The van der Waals surface area contributed by atoms with Gasteiger partial charge in [0.15, 0.2) is 0 Å². The molecule has 2 unspecified atom stereocenters. The zero-order valence-corrected chi connectivity index (χ0v) is 16.5. The van der Waals surface area contributed by atoms with E-state index < -0.39 is 6.36 Å². The molecule has 1 aliphatic heterocycles. The Bertz CT molecular complexity index is 1020. The summed E-state index contributed by atoms with van der Waals surface area (Å²) >= 11 is 12.4. The molecule has 0 aromatic heterocycles. The molecule has 2 atom stereocenters. The van der Waals surface area contributed by atoms with Crippen molar-refractivity contribution in [3.63, 3.8) is 0 Å². The van der Waals surface area contributed by atoms with Crippen molar-refractivity contribution >= 4 is 28.9 Å². The van der Waals surface area contributed by atoms with E-state index in [-0.39, 0.29) is 17.7 Å². The Morgan fingerprint density at radius 1 is 0.897 bits per heavy atom. The maximum atomic E-state index is 12.7. The smallest absolute Gasteiger partial charge is 0.406 e. The summed E-state index contributed by atoms with van der Waals surface area (Å²) in [7, 11) is 0. The predicted octanol–water partition coefficient (Wildman–Crippen LogP) is 7.58. The Morgan fingerprint density at radius 2 is 1.66 bits per heavy atom. The maximum Gasteiger partial charge on any atom is 0.573 e. The summed E-state index contributed by atoms with van der Waals surface area (Å²) in [4.78, 5) is 0. The first-order valence-electron chi connectivity index (χ1n) is 8.96. The number of fused-ring (bicyclic) bond motifs is 1. The van der Waals surface area contributed by atoms with E-state index >= 15 is 0 Å². The molecular weight excluding hydrogens is 422 g/mol. The number of anilines is 1. The fourth-order valence-electron chi connectivity index (χ4n) is 3.76. The molecule has 0 radical (unpaired) electrons. The Hall–Kier alpha value is -2.37. The molecule has 1 heterocycles. The lowest BCUT2D eigenvalue weighted by Gasteiger charge is -2.34. The topological polar surface area (TPSA) is 21.3 Å². The van der Waals surface area contributed by atoms with E-state index in [4.69, 9.17) is 23.2 Å². The van der Waals surface area contributed by atoms with Gasteiger partial charge in [-0.3, -0.25) is 0 Å². The van der Waals surface area contributed by atoms with Gasteiger partial charge in [0.25, 0.3) is 0 Å². The molecule has 150 valence electrons. The van der Waals surface area contributed by atoms with Gasteiger partial charge < -0.3 is 10.1 Å². The van der Waals surface area contributed by atoms with E-state index in [0.717, 1.165) is 22.4 Å². The number of nitrogens with one attached hydrogen (secondary N) is 1. The van der Waals surface area contributed by atoms with Crippen LogP contribution in [0.2, 0.25) is 10.0 Å². The quantitative estimate of drug-likeness (QED) is 0.455. The van der Waals surface area contributed by atoms with Crippen molar-refractivity contribution in [1.82, 2.24) is 0 Å². The summed E-state index contributed by atoms with van der Waals surface area (Å²) in [6, 6.07) is 19.3. The lowest BCUT2D eigenvalue weighted by atomic mass is 9.80. The molecule has 7 heteroatoms. The number of benzene rings is 3. The average molecular weight is 438 g/mol. The Labute approximate surface area is 176 Å². The zero-order valence-electron chi connectivity index (χ0n) is 15.0. The van der Waals surface area contributed by atoms with Gasteiger partial charge in [-0.25, -0.2) is 0 Å². The van der Waals surface area contributed by atoms with Gasteiger partial charge >= 0.3 is 6.36 Å². The van der Waals surface area contributed by atoms with Crippen molar-refractivity contribution in [2.45, 2.75) is 24.7 Å². The summed E-state index contributed by atoms with van der Waals surface area (Å²) in [5.74, 6) is -0.358. The van der Waals surface area contributed by atoms with Crippen molar-refractivity contribution in [1.29, 1.82) is 0 Å². The fourth-order valence-corrected chi connectivity index (χ4v) is 4.30. The molecule has 4 rings (SSSR count). The predicted molar refractivity (Wildman–Crippen MR) is 109 cm³/mol. The van der Waals surface area contributed by atoms with E-state index in [1.165, 1.54) is 12.1 Å². The monoisotopic (exact) mass is 437 g/mol. The minimum absolute atomic E-state index is 0.119. The van der Waals surface area contributed by atoms with Gasteiger partial charge in [0.2, 0.25) is 0 Å². The van der Waals surface area contributed by atoms with Crippen molar-refractivity contribution in [3.8, 4) is 5.75 Å². The van der Waals surface area contributed by atoms with Crippen LogP contribution in [-0.4, -0.2) is 6.36 Å². The Morgan fingerprint density at radius 3 is 2.34 bits per heavy atom. The molecule has 0 spiro atoms. The minimum Gasteiger partial charge on any atom is -0.406 e. The van der Waals surface area contributed by atoms with Gasteiger partial charge in [-0.05, 0) is 53.4 Å². The first-order chi connectivity index (χ1) is 13.8.